The molecule has 4 aromatic carbocycles. The van der Waals surface area contributed by atoms with Crippen molar-refractivity contribution < 1.29 is 14.2 Å². The quantitative estimate of drug-likeness (QED) is 0.291. The second kappa shape index (κ2) is 8.64. The third kappa shape index (κ3) is 3.63. The molecule has 1 atom stereocenters. The van der Waals surface area contributed by atoms with Gasteiger partial charge in [0.25, 0.3) is 0 Å². The van der Waals surface area contributed by atoms with Gasteiger partial charge in [0, 0.05) is 11.5 Å². The summed E-state index contributed by atoms with van der Waals surface area (Å²) in [6.45, 7) is 0.221. The van der Waals surface area contributed by atoms with E-state index in [9.17, 15) is 0 Å². The van der Waals surface area contributed by atoms with Gasteiger partial charge in [0.1, 0.15) is 30.2 Å². The van der Waals surface area contributed by atoms with Gasteiger partial charge >= 0.3 is 0 Å². The van der Waals surface area contributed by atoms with E-state index in [-0.39, 0.29) is 12.5 Å². The largest absolute Gasteiger partial charge is 0.497 e. The molecule has 7 nitrogen and oxygen atoms in total. The zero-order valence-corrected chi connectivity index (χ0v) is 20.0. The van der Waals surface area contributed by atoms with Crippen LogP contribution < -0.4 is 14.2 Å². The molecular formula is C30H22N4O3. The van der Waals surface area contributed by atoms with Crippen molar-refractivity contribution in [2.75, 3.05) is 7.11 Å². The number of aromatic nitrogens is 4. The Bertz CT molecular complexity index is 1750. The minimum Gasteiger partial charge on any atom is -0.497 e. The van der Waals surface area contributed by atoms with E-state index >= 15 is 0 Å². The Morgan fingerprint density at radius 1 is 0.838 bits per heavy atom. The number of ether oxygens (including phenoxy) is 3. The number of nitrogens with zero attached hydrogens (tertiary/aromatic N) is 4. The number of benzene rings is 4. The summed E-state index contributed by atoms with van der Waals surface area (Å²) in [5, 5.41) is 6.95. The standard InChI is InChI=1S/C30H22N4O3/c1-35-21-12-14-22(15-13-21)36-17-25-32-29-28-26(20-8-3-2-4-9-20)27-23-10-6-5-7-19(23)11-16-24(27)37-30(28)31-18-34(29)33-25/h2-16,18,26H,17H2,1H3. The van der Waals surface area contributed by atoms with Crippen molar-refractivity contribution in [2.24, 2.45) is 0 Å². The fourth-order valence-electron chi connectivity index (χ4n) is 5.01. The number of fused-ring (bicyclic) bond motifs is 6. The second-order valence-corrected chi connectivity index (χ2v) is 8.87. The highest BCUT2D eigenvalue weighted by Crippen LogP contribution is 2.50. The van der Waals surface area contributed by atoms with Crippen LogP contribution in [0, 0.1) is 0 Å². The lowest BCUT2D eigenvalue weighted by atomic mass is 9.81. The molecule has 1 aliphatic rings. The lowest BCUT2D eigenvalue weighted by molar-refractivity contribution is 0.295. The fourth-order valence-corrected chi connectivity index (χ4v) is 5.01. The summed E-state index contributed by atoms with van der Waals surface area (Å²) < 4.78 is 19.2. The Kier molecular flexibility index (Phi) is 4.99. The van der Waals surface area contributed by atoms with Crippen molar-refractivity contribution in [1.82, 2.24) is 19.6 Å². The normalized spacial score (nSPS) is 14.1. The molecule has 0 saturated heterocycles. The van der Waals surface area contributed by atoms with Gasteiger partial charge in [-0.25, -0.2) is 14.5 Å². The number of hydrogen-bond acceptors (Lipinski definition) is 6. The highest BCUT2D eigenvalue weighted by molar-refractivity contribution is 5.90. The van der Waals surface area contributed by atoms with Crippen molar-refractivity contribution in [3.63, 3.8) is 0 Å². The maximum absolute atomic E-state index is 6.37. The van der Waals surface area contributed by atoms with E-state index in [0.717, 1.165) is 39.0 Å². The molecule has 3 heterocycles. The van der Waals surface area contributed by atoms with Gasteiger partial charge in [-0.2, -0.15) is 0 Å². The summed E-state index contributed by atoms with van der Waals surface area (Å²) >= 11 is 0. The van der Waals surface area contributed by atoms with Crippen molar-refractivity contribution in [3.05, 3.63) is 120 Å². The van der Waals surface area contributed by atoms with Crippen LogP contribution >= 0.6 is 0 Å². The Balaban J connectivity index is 1.36. The van der Waals surface area contributed by atoms with Crippen LogP contribution in [0.1, 0.15) is 28.4 Å². The number of hydrogen-bond donors (Lipinski definition) is 0. The minimum atomic E-state index is -0.123. The van der Waals surface area contributed by atoms with Gasteiger partial charge in [0.2, 0.25) is 5.88 Å². The van der Waals surface area contributed by atoms with E-state index in [1.807, 2.05) is 36.4 Å². The van der Waals surface area contributed by atoms with Crippen LogP contribution in [0.4, 0.5) is 0 Å². The molecule has 7 heteroatoms. The van der Waals surface area contributed by atoms with Gasteiger partial charge < -0.3 is 14.2 Å². The molecule has 0 radical (unpaired) electrons. The first kappa shape index (κ1) is 21.4. The molecule has 0 saturated carbocycles. The Hall–Kier alpha value is -4.91. The monoisotopic (exact) mass is 486 g/mol. The predicted octanol–water partition coefficient (Wildman–Crippen LogP) is 6.15. The van der Waals surface area contributed by atoms with Crippen LogP contribution in [0.5, 0.6) is 23.1 Å². The molecule has 6 aromatic rings. The molecule has 0 aliphatic carbocycles. The summed E-state index contributed by atoms with van der Waals surface area (Å²) in [4.78, 5) is 9.52. The summed E-state index contributed by atoms with van der Waals surface area (Å²) in [6, 6.07) is 30.3. The first-order chi connectivity index (χ1) is 18.3. The van der Waals surface area contributed by atoms with Crippen LogP contribution in [-0.4, -0.2) is 26.7 Å². The Morgan fingerprint density at radius 2 is 1.62 bits per heavy atom. The average molecular weight is 487 g/mol. The maximum atomic E-state index is 6.37. The van der Waals surface area contributed by atoms with E-state index in [0.29, 0.717) is 23.1 Å². The molecule has 37 heavy (non-hydrogen) atoms. The highest BCUT2D eigenvalue weighted by Gasteiger charge is 2.34. The second-order valence-electron chi connectivity index (χ2n) is 8.87. The van der Waals surface area contributed by atoms with Gasteiger partial charge in [0.15, 0.2) is 11.5 Å². The molecule has 180 valence electrons. The molecule has 1 unspecified atom stereocenters. The average Bonchev–Trinajstić information content (AvgIpc) is 3.39. The van der Waals surface area contributed by atoms with Crippen LogP contribution in [0.15, 0.2) is 97.3 Å². The molecule has 1 aliphatic heterocycles. The smallest absolute Gasteiger partial charge is 0.228 e. The third-order valence-electron chi connectivity index (χ3n) is 6.71. The lowest BCUT2D eigenvalue weighted by Gasteiger charge is -2.29. The van der Waals surface area contributed by atoms with Gasteiger partial charge in [-0.1, -0.05) is 60.7 Å². The van der Waals surface area contributed by atoms with Gasteiger partial charge in [-0.3, -0.25) is 0 Å². The zero-order chi connectivity index (χ0) is 24.8. The summed E-state index contributed by atoms with van der Waals surface area (Å²) in [5.41, 5.74) is 3.83. The highest BCUT2D eigenvalue weighted by atomic mass is 16.5. The topological polar surface area (TPSA) is 70.8 Å². The van der Waals surface area contributed by atoms with Crippen LogP contribution in [0.2, 0.25) is 0 Å². The van der Waals surface area contributed by atoms with E-state index in [4.69, 9.17) is 19.2 Å². The summed E-state index contributed by atoms with van der Waals surface area (Å²) in [7, 11) is 1.64. The van der Waals surface area contributed by atoms with Gasteiger partial charge in [-0.15, -0.1) is 5.10 Å². The SMILES string of the molecule is COc1ccc(OCc2nc3c4c(ncn3n2)Oc2ccc3ccccc3c2C4c2ccccc2)cc1. The third-order valence-corrected chi connectivity index (χ3v) is 6.71. The first-order valence-electron chi connectivity index (χ1n) is 12.0. The molecule has 0 N–H and O–H groups in total. The Morgan fingerprint density at radius 3 is 2.46 bits per heavy atom. The molecule has 0 bridgehead atoms. The molecular weight excluding hydrogens is 464 g/mol. The molecule has 0 spiro atoms. The molecule has 7 rings (SSSR count). The number of methoxy groups -OCH3 is 1. The van der Waals surface area contributed by atoms with Crippen molar-refractivity contribution >= 4 is 16.4 Å². The first-order valence-corrected chi connectivity index (χ1v) is 12.0. The minimum absolute atomic E-state index is 0.123. The molecule has 2 aromatic heterocycles. The van der Waals surface area contributed by atoms with Gasteiger partial charge in [-0.05, 0) is 46.7 Å². The van der Waals surface area contributed by atoms with E-state index in [2.05, 4.69) is 64.7 Å². The summed E-state index contributed by atoms with van der Waals surface area (Å²) in [6.07, 6.45) is 1.64. The zero-order valence-electron chi connectivity index (χ0n) is 20.0. The van der Waals surface area contributed by atoms with Crippen molar-refractivity contribution in [3.8, 4) is 23.1 Å². The molecule has 0 fully saturated rings. The maximum Gasteiger partial charge on any atom is 0.228 e. The van der Waals surface area contributed by atoms with Gasteiger partial charge in [0.05, 0.1) is 12.7 Å². The van der Waals surface area contributed by atoms with Crippen molar-refractivity contribution in [1.29, 1.82) is 0 Å². The van der Waals surface area contributed by atoms with Crippen LogP contribution in [0.3, 0.4) is 0 Å². The Labute approximate surface area is 212 Å². The summed E-state index contributed by atoms with van der Waals surface area (Å²) in [5.74, 6) is 3.27. The van der Waals surface area contributed by atoms with E-state index < -0.39 is 0 Å². The van der Waals surface area contributed by atoms with Crippen molar-refractivity contribution in [2.45, 2.75) is 12.5 Å². The lowest BCUT2D eigenvalue weighted by Crippen LogP contribution is -2.15. The number of rotatable bonds is 5. The van der Waals surface area contributed by atoms with Crippen LogP contribution in [0.25, 0.3) is 16.4 Å². The van der Waals surface area contributed by atoms with E-state index in [1.54, 1.807) is 18.0 Å². The fraction of sp³-hybridized carbons (Fsp3) is 0.100. The van der Waals surface area contributed by atoms with E-state index in [1.165, 1.54) is 0 Å². The molecule has 0 amide bonds. The van der Waals surface area contributed by atoms with Crippen LogP contribution in [-0.2, 0) is 6.61 Å². The predicted molar refractivity (Wildman–Crippen MR) is 140 cm³/mol.